The van der Waals surface area contributed by atoms with Crippen LogP contribution in [0.2, 0.25) is 0 Å². The Morgan fingerprint density at radius 1 is 1.19 bits per heavy atom. The van der Waals surface area contributed by atoms with E-state index in [0.717, 1.165) is 29.7 Å². The van der Waals surface area contributed by atoms with E-state index in [4.69, 9.17) is 0 Å². The average molecular weight is 370 g/mol. The van der Waals surface area contributed by atoms with Crippen LogP contribution in [0.3, 0.4) is 0 Å². The van der Waals surface area contributed by atoms with Gasteiger partial charge in [-0.1, -0.05) is 30.3 Å². The van der Waals surface area contributed by atoms with Gasteiger partial charge in [-0.2, -0.15) is 0 Å². The molecule has 0 aromatic heterocycles. The molecule has 0 bridgehead atoms. The Labute approximate surface area is 157 Å². The van der Waals surface area contributed by atoms with Crippen LogP contribution in [0.15, 0.2) is 48.5 Å². The molecular weight excluding hydrogens is 348 g/mol. The summed E-state index contributed by atoms with van der Waals surface area (Å²) in [4.78, 5) is 24.4. The van der Waals surface area contributed by atoms with E-state index in [-0.39, 0.29) is 28.6 Å². The predicted molar refractivity (Wildman–Crippen MR) is 104 cm³/mol. The molecule has 0 spiro atoms. The molecule has 1 aliphatic heterocycles. The number of carbonyl (C=O) groups is 2. The molecule has 0 saturated heterocycles. The number of benzene rings is 2. The van der Waals surface area contributed by atoms with E-state index < -0.39 is 0 Å². The van der Waals surface area contributed by atoms with Crippen molar-refractivity contribution in [2.24, 2.45) is 0 Å². The number of aryl methyl sites for hydroxylation is 1. The standard InChI is InChI=1S/C20H22N2O3S/c23-16-8-5-14(6-9-16)11-12-21-19(24)13-26-18-10-7-15-3-1-2-4-17(15)22-20(18)25/h1-6,8-9,18,23H,7,10-13H2,(H,21,24)(H,22,25). The maximum Gasteiger partial charge on any atom is 0.237 e. The second kappa shape index (κ2) is 8.76. The van der Waals surface area contributed by atoms with Crippen molar-refractivity contribution in [3.63, 3.8) is 0 Å². The van der Waals surface area contributed by atoms with Crippen LogP contribution in [0.25, 0.3) is 0 Å². The quantitative estimate of drug-likeness (QED) is 0.731. The number of fused-ring (bicyclic) bond motifs is 1. The molecule has 0 fully saturated rings. The Hall–Kier alpha value is -2.47. The van der Waals surface area contributed by atoms with Crippen LogP contribution in [-0.2, 0) is 22.4 Å². The molecule has 5 nitrogen and oxygen atoms in total. The first-order chi connectivity index (χ1) is 12.6. The number of phenolic OH excluding ortho intramolecular Hbond substituents is 1. The fourth-order valence-corrected chi connectivity index (χ4v) is 3.84. The van der Waals surface area contributed by atoms with Crippen molar-refractivity contribution in [1.82, 2.24) is 5.32 Å². The first-order valence-electron chi connectivity index (χ1n) is 8.67. The molecule has 1 unspecified atom stereocenters. The fourth-order valence-electron chi connectivity index (χ4n) is 2.89. The van der Waals surface area contributed by atoms with Crippen LogP contribution in [0, 0.1) is 0 Å². The van der Waals surface area contributed by atoms with Gasteiger partial charge >= 0.3 is 0 Å². The van der Waals surface area contributed by atoms with Crippen LogP contribution in [0.1, 0.15) is 17.5 Å². The smallest absolute Gasteiger partial charge is 0.237 e. The highest BCUT2D eigenvalue weighted by molar-refractivity contribution is 8.01. The summed E-state index contributed by atoms with van der Waals surface area (Å²) in [6.45, 7) is 0.534. The van der Waals surface area contributed by atoms with Crippen molar-refractivity contribution in [3.8, 4) is 5.75 Å². The third kappa shape index (κ3) is 5.02. The normalized spacial score (nSPS) is 16.3. The Morgan fingerprint density at radius 2 is 1.96 bits per heavy atom. The van der Waals surface area contributed by atoms with E-state index >= 15 is 0 Å². The maximum atomic E-state index is 12.3. The van der Waals surface area contributed by atoms with Crippen LogP contribution < -0.4 is 10.6 Å². The summed E-state index contributed by atoms with van der Waals surface area (Å²) in [5.74, 6) is 0.405. The highest BCUT2D eigenvalue weighted by atomic mass is 32.2. The van der Waals surface area contributed by atoms with Gasteiger partial charge in [-0.15, -0.1) is 11.8 Å². The van der Waals surface area contributed by atoms with Crippen LogP contribution >= 0.6 is 11.8 Å². The van der Waals surface area contributed by atoms with Gasteiger partial charge in [0, 0.05) is 12.2 Å². The van der Waals surface area contributed by atoms with E-state index in [2.05, 4.69) is 10.6 Å². The molecule has 2 aromatic rings. The first kappa shape index (κ1) is 18.3. The van der Waals surface area contributed by atoms with Gasteiger partial charge in [0.1, 0.15) is 5.75 Å². The summed E-state index contributed by atoms with van der Waals surface area (Å²) in [6.07, 6.45) is 2.26. The summed E-state index contributed by atoms with van der Waals surface area (Å²) < 4.78 is 0. The van der Waals surface area contributed by atoms with E-state index in [1.54, 1.807) is 12.1 Å². The van der Waals surface area contributed by atoms with E-state index in [1.807, 2.05) is 36.4 Å². The van der Waals surface area contributed by atoms with Gasteiger partial charge in [0.25, 0.3) is 0 Å². The van der Waals surface area contributed by atoms with Crippen LogP contribution in [0.5, 0.6) is 5.75 Å². The third-order valence-electron chi connectivity index (χ3n) is 4.33. The van der Waals surface area contributed by atoms with Gasteiger partial charge in [0.05, 0.1) is 11.0 Å². The number of thioether (sulfide) groups is 1. The molecule has 1 atom stereocenters. The van der Waals surface area contributed by atoms with Crippen molar-refractivity contribution >= 4 is 29.3 Å². The number of para-hydroxylation sites is 1. The van der Waals surface area contributed by atoms with Crippen LogP contribution in [0.4, 0.5) is 5.69 Å². The SMILES string of the molecule is O=C(CSC1CCc2ccccc2NC1=O)NCCc1ccc(O)cc1. The second-order valence-corrected chi connectivity index (χ2v) is 7.44. The number of anilines is 1. The van der Waals surface area contributed by atoms with Crippen molar-refractivity contribution in [2.75, 3.05) is 17.6 Å². The molecule has 0 aliphatic carbocycles. The minimum absolute atomic E-state index is 0.0307. The number of amides is 2. The van der Waals surface area contributed by atoms with Crippen molar-refractivity contribution in [2.45, 2.75) is 24.5 Å². The minimum Gasteiger partial charge on any atom is -0.508 e. The lowest BCUT2D eigenvalue weighted by Crippen LogP contribution is -2.30. The van der Waals surface area contributed by atoms with Gasteiger partial charge in [-0.05, 0) is 48.6 Å². The molecule has 0 saturated carbocycles. The highest BCUT2D eigenvalue weighted by Gasteiger charge is 2.24. The van der Waals surface area contributed by atoms with Crippen molar-refractivity contribution in [3.05, 3.63) is 59.7 Å². The summed E-state index contributed by atoms with van der Waals surface area (Å²) in [5, 5.41) is 14.9. The molecule has 26 heavy (non-hydrogen) atoms. The zero-order chi connectivity index (χ0) is 18.4. The largest absolute Gasteiger partial charge is 0.508 e. The maximum absolute atomic E-state index is 12.3. The average Bonchev–Trinajstić information content (AvgIpc) is 2.80. The zero-order valence-electron chi connectivity index (χ0n) is 14.4. The number of nitrogens with one attached hydrogen (secondary N) is 2. The molecule has 3 rings (SSSR count). The van der Waals surface area contributed by atoms with Crippen LogP contribution in [-0.4, -0.2) is 34.5 Å². The molecule has 6 heteroatoms. The first-order valence-corrected chi connectivity index (χ1v) is 9.71. The number of aromatic hydroxyl groups is 1. The van der Waals surface area contributed by atoms with Gasteiger partial charge in [0.15, 0.2) is 0 Å². The lowest BCUT2D eigenvalue weighted by molar-refractivity contribution is -0.118. The predicted octanol–water partition coefficient (Wildman–Crippen LogP) is 2.74. The number of hydrogen-bond acceptors (Lipinski definition) is 4. The number of phenols is 1. The summed E-state index contributed by atoms with van der Waals surface area (Å²) >= 11 is 1.39. The molecular formula is C20H22N2O3S. The number of carbonyl (C=O) groups excluding carboxylic acids is 2. The lowest BCUT2D eigenvalue weighted by Gasteiger charge is -2.12. The number of rotatable bonds is 6. The summed E-state index contributed by atoms with van der Waals surface area (Å²) in [5.41, 5.74) is 3.07. The lowest BCUT2D eigenvalue weighted by atomic mass is 10.1. The second-order valence-electron chi connectivity index (χ2n) is 6.25. The van der Waals surface area contributed by atoms with Gasteiger partial charge in [-0.25, -0.2) is 0 Å². The minimum atomic E-state index is -0.217. The van der Waals surface area contributed by atoms with Gasteiger partial charge in [0.2, 0.25) is 11.8 Å². The van der Waals surface area contributed by atoms with Gasteiger partial charge < -0.3 is 15.7 Å². The summed E-state index contributed by atoms with van der Waals surface area (Å²) in [6, 6.07) is 14.8. The Balaban J connectivity index is 1.41. The Morgan fingerprint density at radius 3 is 2.77 bits per heavy atom. The molecule has 1 aliphatic rings. The van der Waals surface area contributed by atoms with E-state index in [1.165, 1.54) is 11.8 Å². The van der Waals surface area contributed by atoms with Crippen molar-refractivity contribution < 1.29 is 14.7 Å². The molecule has 3 N–H and O–H groups in total. The molecule has 2 amide bonds. The summed E-state index contributed by atoms with van der Waals surface area (Å²) in [7, 11) is 0. The van der Waals surface area contributed by atoms with Gasteiger partial charge in [-0.3, -0.25) is 9.59 Å². The third-order valence-corrected chi connectivity index (χ3v) is 5.61. The van der Waals surface area contributed by atoms with Crippen molar-refractivity contribution in [1.29, 1.82) is 0 Å². The molecule has 136 valence electrons. The highest BCUT2D eigenvalue weighted by Crippen LogP contribution is 2.26. The molecule has 2 aromatic carbocycles. The Kier molecular flexibility index (Phi) is 6.17. The molecule has 0 radical (unpaired) electrons. The fraction of sp³-hybridized carbons (Fsp3) is 0.300. The van der Waals surface area contributed by atoms with E-state index in [9.17, 15) is 14.7 Å². The Bertz CT molecular complexity index is 777. The zero-order valence-corrected chi connectivity index (χ0v) is 15.2. The number of hydrogen-bond donors (Lipinski definition) is 3. The van der Waals surface area contributed by atoms with E-state index in [0.29, 0.717) is 13.0 Å². The molecule has 1 heterocycles. The monoisotopic (exact) mass is 370 g/mol. The topological polar surface area (TPSA) is 78.4 Å².